The Morgan fingerprint density at radius 3 is 2.45 bits per heavy atom. The number of aromatic nitrogens is 1. The molecule has 1 heterocycles. The smallest absolute Gasteiger partial charge is 0.257 e. The highest BCUT2D eigenvalue weighted by molar-refractivity contribution is 5.96. The number of hydrogen-bond acceptors (Lipinski definition) is 3. The molecule has 4 nitrogen and oxygen atoms in total. The summed E-state index contributed by atoms with van der Waals surface area (Å²) in [4.78, 5) is 12.2. The van der Waals surface area contributed by atoms with Crippen molar-refractivity contribution < 1.29 is 9.32 Å². The Balaban J connectivity index is 2.11. The van der Waals surface area contributed by atoms with Crippen LogP contribution in [0.4, 0.5) is 0 Å². The van der Waals surface area contributed by atoms with Crippen LogP contribution >= 0.6 is 0 Å². The predicted molar refractivity (Wildman–Crippen MR) is 77.7 cm³/mol. The Kier molecular flexibility index (Phi) is 4.23. The van der Waals surface area contributed by atoms with Gasteiger partial charge < -0.3 is 9.84 Å². The van der Waals surface area contributed by atoms with E-state index in [0.29, 0.717) is 17.0 Å². The third-order valence-corrected chi connectivity index (χ3v) is 3.50. The molecule has 1 amide bonds. The molecule has 0 aliphatic heterocycles. The summed E-state index contributed by atoms with van der Waals surface area (Å²) in [5, 5.41) is 6.78. The molecule has 0 spiro atoms. The summed E-state index contributed by atoms with van der Waals surface area (Å²) in [6.07, 6.45) is 1.01. The second-order valence-corrected chi connectivity index (χ2v) is 4.99. The van der Waals surface area contributed by atoms with E-state index in [-0.39, 0.29) is 11.9 Å². The standard InChI is InChI=1S/C16H20N2O2/c1-5-13-6-8-14(9-7-13)10(2)17-16(19)15-11(3)18-20-12(15)4/h6-10H,5H2,1-4H3,(H,17,19). The summed E-state index contributed by atoms with van der Waals surface area (Å²) in [6, 6.07) is 8.23. The lowest BCUT2D eigenvalue weighted by Gasteiger charge is -2.14. The number of hydrogen-bond donors (Lipinski definition) is 1. The van der Waals surface area contributed by atoms with Gasteiger partial charge in [0.2, 0.25) is 0 Å². The van der Waals surface area contributed by atoms with Crippen molar-refractivity contribution in [2.24, 2.45) is 0 Å². The first-order chi connectivity index (χ1) is 9.52. The molecule has 1 unspecified atom stereocenters. The highest BCUT2D eigenvalue weighted by Crippen LogP contribution is 2.17. The zero-order chi connectivity index (χ0) is 14.7. The maximum absolute atomic E-state index is 12.2. The number of rotatable bonds is 4. The van der Waals surface area contributed by atoms with Crippen molar-refractivity contribution in [3.05, 3.63) is 52.4 Å². The number of benzene rings is 1. The maximum atomic E-state index is 12.2. The minimum Gasteiger partial charge on any atom is -0.361 e. The van der Waals surface area contributed by atoms with Gasteiger partial charge >= 0.3 is 0 Å². The lowest BCUT2D eigenvalue weighted by atomic mass is 10.0. The quantitative estimate of drug-likeness (QED) is 0.928. The molecule has 1 aromatic heterocycles. The van der Waals surface area contributed by atoms with E-state index in [1.165, 1.54) is 5.56 Å². The van der Waals surface area contributed by atoms with Crippen LogP contribution in [0, 0.1) is 13.8 Å². The van der Waals surface area contributed by atoms with Crippen LogP contribution in [0.3, 0.4) is 0 Å². The summed E-state index contributed by atoms with van der Waals surface area (Å²) in [5.74, 6) is 0.404. The molecule has 4 heteroatoms. The Morgan fingerprint density at radius 2 is 1.95 bits per heavy atom. The fourth-order valence-corrected chi connectivity index (χ4v) is 2.20. The van der Waals surface area contributed by atoms with Crippen molar-refractivity contribution in [2.45, 2.75) is 40.2 Å². The zero-order valence-corrected chi connectivity index (χ0v) is 12.4. The van der Waals surface area contributed by atoms with Crippen molar-refractivity contribution >= 4 is 5.91 Å². The molecule has 0 radical (unpaired) electrons. The number of aryl methyl sites for hydroxylation is 3. The van der Waals surface area contributed by atoms with Gasteiger partial charge in [0.25, 0.3) is 5.91 Å². The van der Waals surface area contributed by atoms with E-state index in [1.54, 1.807) is 13.8 Å². The van der Waals surface area contributed by atoms with Crippen molar-refractivity contribution in [3.63, 3.8) is 0 Å². The Hall–Kier alpha value is -2.10. The van der Waals surface area contributed by atoms with Gasteiger partial charge in [-0.1, -0.05) is 36.3 Å². The molecule has 0 saturated carbocycles. The molecule has 2 aromatic rings. The molecule has 0 aliphatic rings. The van der Waals surface area contributed by atoms with Crippen LogP contribution in [0.2, 0.25) is 0 Å². The average molecular weight is 272 g/mol. The summed E-state index contributed by atoms with van der Waals surface area (Å²) in [7, 11) is 0. The summed E-state index contributed by atoms with van der Waals surface area (Å²) in [5.41, 5.74) is 3.52. The number of nitrogens with zero attached hydrogens (tertiary/aromatic N) is 1. The van der Waals surface area contributed by atoms with E-state index >= 15 is 0 Å². The monoisotopic (exact) mass is 272 g/mol. The summed E-state index contributed by atoms with van der Waals surface area (Å²) in [6.45, 7) is 7.61. The normalized spacial score (nSPS) is 12.2. The van der Waals surface area contributed by atoms with Crippen LogP contribution in [0.5, 0.6) is 0 Å². The Morgan fingerprint density at radius 1 is 1.30 bits per heavy atom. The second-order valence-electron chi connectivity index (χ2n) is 4.99. The highest BCUT2D eigenvalue weighted by Gasteiger charge is 2.19. The van der Waals surface area contributed by atoms with Gasteiger partial charge in [0.1, 0.15) is 11.3 Å². The molecule has 20 heavy (non-hydrogen) atoms. The molecular weight excluding hydrogens is 252 g/mol. The SMILES string of the molecule is CCc1ccc(C(C)NC(=O)c2c(C)noc2C)cc1. The first-order valence-corrected chi connectivity index (χ1v) is 6.85. The van der Waals surface area contributed by atoms with Crippen molar-refractivity contribution in [3.8, 4) is 0 Å². The molecule has 0 aliphatic carbocycles. The van der Waals surface area contributed by atoms with Gasteiger partial charge in [0.15, 0.2) is 0 Å². The van der Waals surface area contributed by atoms with E-state index in [2.05, 4.69) is 41.7 Å². The fourth-order valence-electron chi connectivity index (χ4n) is 2.20. The van der Waals surface area contributed by atoms with Crippen LogP contribution in [-0.4, -0.2) is 11.1 Å². The van der Waals surface area contributed by atoms with Crippen LogP contribution in [0.25, 0.3) is 0 Å². The lowest BCUT2D eigenvalue weighted by Crippen LogP contribution is -2.27. The van der Waals surface area contributed by atoms with Crippen LogP contribution < -0.4 is 5.32 Å². The first-order valence-electron chi connectivity index (χ1n) is 6.85. The lowest BCUT2D eigenvalue weighted by molar-refractivity contribution is 0.0938. The number of carbonyl (C=O) groups is 1. The van der Waals surface area contributed by atoms with Crippen molar-refractivity contribution in [2.75, 3.05) is 0 Å². The summed E-state index contributed by atoms with van der Waals surface area (Å²) >= 11 is 0. The van der Waals surface area contributed by atoms with E-state index < -0.39 is 0 Å². The van der Waals surface area contributed by atoms with Crippen molar-refractivity contribution in [1.29, 1.82) is 0 Å². The van der Waals surface area contributed by atoms with Crippen LogP contribution in [0.1, 0.15) is 52.8 Å². The molecule has 0 saturated heterocycles. The number of amides is 1. The van der Waals surface area contributed by atoms with Gasteiger partial charge in [-0.25, -0.2) is 0 Å². The van der Waals surface area contributed by atoms with Gasteiger partial charge in [0, 0.05) is 0 Å². The molecule has 2 rings (SSSR count). The zero-order valence-electron chi connectivity index (χ0n) is 12.4. The molecule has 1 atom stereocenters. The Labute approximate surface area is 119 Å². The molecule has 1 aromatic carbocycles. The fraction of sp³-hybridized carbons (Fsp3) is 0.375. The topological polar surface area (TPSA) is 55.1 Å². The molecule has 0 fully saturated rings. The molecule has 0 bridgehead atoms. The maximum Gasteiger partial charge on any atom is 0.257 e. The largest absolute Gasteiger partial charge is 0.361 e. The Bertz CT molecular complexity index is 580. The summed E-state index contributed by atoms with van der Waals surface area (Å²) < 4.78 is 5.02. The minimum atomic E-state index is -0.145. The van der Waals surface area contributed by atoms with Crippen molar-refractivity contribution in [1.82, 2.24) is 10.5 Å². The molecule has 1 N–H and O–H groups in total. The molecular formula is C16H20N2O2. The third-order valence-electron chi connectivity index (χ3n) is 3.50. The molecule has 106 valence electrons. The van der Waals surface area contributed by atoms with E-state index in [9.17, 15) is 4.79 Å². The number of carbonyl (C=O) groups excluding carboxylic acids is 1. The first kappa shape index (κ1) is 14.3. The van der Waals surface area contributed by atoms with Crippen LogP contribution in [-0.2, 0) is 6.42 Å². The van der Waals surface area contributed by atoms with Gasteiger partial charge in [-0.05, 0) is 38.3 Å². The van der Waals surface area contributed by atoms with E-state index in [1.807, 2.05) is 6.92 Å². The number of nitrogens with one attached hydrogen (secondary N) is 1. The average Bonchev–Trinajstić information content (AvgIpc) is 2.78. The predicted octanol–water partition coefficient (Wildman–Crippen LogP) is 3.34. The van der Waals surface area contributed by atoms with Crippen LogP contribution in [0.15, 0.2) is 28.8 Å². The van der Waals surface area contributed by atoms with E-state index in [0.717, 1.165) is 12.0 Å². The second kappa shape index (κ2) is 5.90. The van der Waals surface area contributed by atoms with Gasteiger partial charge in [0.05, 0.1) is 11.7 Å². The third kappa shape index (κ3) is 2.90. The van der Waals surface area contributed by atoms with E-state index in [4.69, 9.17) is 4.52 Å². The van der Waals surface area contributed by atoms with Gasteiger partial charge in [-0.3, -0.25) is 4.79 Å². The minimum absolute atomic E-state index is 0.0536. The highest BCUT2D eigenvalue weighted by atomic mass is 16.5. The van der Waals surface area contributed by atoms with Gasteiger partial charge in [-0.2, -0.15) is 0 Å². The van der Waals surface area contributed by atoms with Gasteiger partial charge in [-0.15, -0.1) is 0 Å².